The molecule has 2 aromatic carbocycles. The molecule has 0 fully saturated rings. The van der Waals surface area contributed by atoms with Crippen LogP contribution in [0.25, 0.3) is 10.9 Å². The molecule has 0 radical (unpaired) electrons. The first-order valence-electron chi connectivity index (χ1n) is 7.71. The zero-order valence-corrected chi connectivity index (χ0v) is 14.5. The number of hydrogen-bond donors (Lipinski definition) is 0. The lowest BCUT2D eigenvalue weighted by atomic mass is 10.1. The predicted molar refractivity (Wildman–Crippen MR) is 99.8 cm³/mol. The van der Waals surface area contributed by atoms with Crippen molar-refractivity contribution in [3.8, 4) is 0 Å². The minimum atomic E-state index is 0.693. The third-order valence-electron chi connectivity index (χ3n) is 4.00. The highest BCUT2D eigenvalue weighted by Crippen LogP contribution is 2.29. The average molecular weight is 345 g/mol. The van der Waals surface area contributed by atoms with Crippen LogP contribution in [0.3, 0.4) is 0 Å². The van der Waals surface area contributed by atoms with E-state index in [1.54, 1.807) is 0 Å². The van der Waals surface area contributed by atoms with Gasteiger partial charge >= 0.3 is 0 Å². The Morgan fingerprint density at radius 2 is 1.78 bits per heavy atom. The molecule has 118 valence electrons. The summed E-state index contributed by atoms with van der Waals surface area (Å²) in [5.74, 6) is 0. The van der Waals surface area contributed by atoms with Crippen LogP contribution in [0.15, 0.2) is 54.7 Å². The highest BCUT2D eigenvalue weighted by molar-refractivity contribution is 6.35. The molecule has 0 aliphatic heterocycles. The van der Waals surface area contributed by atoms with E-state index in [1.165, 1.54) is 11.3 Å². The molecule has 2 nitrogen and oxygen atoms in total. The molecule has 1 heterocycles. The fraction of sp³-hybridized carbons (Fsp3) is 0.211. The van der Waals surface area contributed by atoms with Crippen molar-refractivity contribution in [2.75, 3.05) is 18.0 Å². The first-order valence-corrected chi connectivity index (χ1v) is 8.47. The Morgan fingerprint density at radius 3 is 2.52 bits per heavy atom. The zero-order valence-electron chi connectivity index (χ0n) is 13.0. The SMILES string of the molecule is CCN(CCc1ccc(Cl)cc1)c1ccnc2c(Cl)cccc12. The number of pyridine rings is 1. The smallest absolute Gasteiger partial charge is 0.0908 e. The van der Waals surface area contributed by atoms with Crippen molar-refractivity contribution in [1.29, 1.82) is 0 Å². The molecular weight excluding hydrogens is 327 g/mol. The topological polar surface area (TPSA) is 16.1 Å². The number of hydrogen-bond acceptors (Lipinski definition) is 2. The zero-order chi connectivity index (χ0) is 16.2. The molecule has 4 heteroatoms. The summed E-state index contributed by atoms with van der Waals surface area (Å²) in [6, 6.07) is 16.0. The minimum absolute atomic E-state index is 0.693. The van der Waals surface area contributed by atoms with Gasteiger partial charge in [-0.05, 0) is 43.2 Å². The van der Waals surface area contributed by atoms with Crippen LogP contribution < -0.4 is 4.90 Å². The molecule has 0 saturated heterocycles. The molecule has 0 saturated carbocycles. The van der Waals surface area contributed by atoms with Crippen LogP contribution in [0.2, 0.25) is 10.0 Å². The molecule has 0 amide bonds. The van der Waals surface area contributed by atoms with E-state index in [1.807, 2.05) is 30.5 Å². The Morgan fingerprint density at radius 1 is 1.00 bits per heavy atom. The van der Waals surface area contributed by atoms with E-state index >= 15 is 0 Å². The van der Waals surface area contributed by atoms with Gasteiger partial charge in [0.25, 0.3) is 0 Å². The molecule has 0 N–H and O–H groups in total. The van der Waals surface area contributed by atoms with Gasteiger partial charge in [0.05, 0.1) is 10.5 Å². The molecular formula is C19H18Cl2N2. The van der Waals surface area contributed by atoms with Crippen LogP contribution in [-0.4, -0.2) is 18.1 Å². The van der Waals surface area contributed by atoms with Crippen LogP contribution in [0.1, 0.15) is 12.5 Å². The largest absolute Gasteiger partial charge is 0.371 e. The summed E-state index contributed by atoms with van der Waals surface area (Å²) in [6.07, 6.45) is 2.80. The highest BCUT2D eigenvalue weighted by Gasteiger charge is 2.10. The Balaban J connectivity index is 1.86. The lowest BCUT2D eigenvalue weighted by molar-refractivity contribution is 0.811. The number of halogens is 2. The highest BCUT2D eigenvalue weighted by atomic mass is 35.5. The summed E-state index contributed by atoms with van der Waals surface area (Å²) in [5, 5.41) is 2.56. The molecule has 0 aliphatic rings. The molecule has 0 atom stereocenters. The number of rotatable bonds is 5. The second-order valence-corrected chi connectivity index (χ2v) is 6.27. The van der Waals surface area contributed by atoms with Crippen molar-refractivity contribution < 1.29 is 0 Å². The number of fused-ring (bicyclic) bond motifs is 1. The van der Waals surface area contributed by atoms with E-state index in [0.29, 0.717) is 5.02 Å². The van der Waals surface area contributed by atoms with Gasteiger partial charge in [-0.1, -0.05) is 47.5 Å². The van der Waals surface area contributed by atoms with E-state index in [2.05, 4.69) is 41.1 Å². The first kappa shape index (κ1) is 16.1. The number of benzene rings is 2. The van der Waals surface area contributed by atoms with Crippen molar-refractivity contribution in [2.24, 2.45) is 0 Å². The molecule has 0 bridgehead atoms. The van der Waals surface area contributed by atoms with Gasteiger partial charge in [0.2, 0.25) is 0 Å². The second kappa shape index (κ2) is 7.20. The fourth-order valence-electron chi connectivity index (χ4n) is 2.77. The van der Waals surface area contributed by atoms with Crippen LogP contribution in [-0.2, 0) is 6.42 Å². The maximum atomic E-state index is 6.27. The van der Waals surface area contributed by atoms with Gasteiger partial charge in [-0.2, -0.15) is 0 Å². The lowest BCUT2D eigenvalue weighted by Gasteiger charge is -2.24. The van der Waals surface area contributed by atoms with E-state index in [-0.39, 0.29) is 0 Å². The van der Waals surface area contributed by atoms with Gasteiger partial charge in [-0.15, -0.1) is 0 Å². The van der Waals surface area contributed by atoms with Crippen LogP contribution in [0, 0.1) is 0 Å². The van der Waals surface area contributed by atoms with E-state index < -0.39 is 0 Å². The van der Waals surface area contributed by atoms with Gasteiger partial charge in [0.15, 0.2) is 0 Å². The van der Waals surface area contributed by atoms with Crippen LogP contribution in [0.4, 0.5) is 5.69 Å². The molecule has 3 aromatic rings. The van der Waals surface area contributed by atoms with E-state index in [4.69, 9.17) is 23.2 Å². The van der Waals surface area contributed by atoms with E-state index in [9.17, 15) is 0 Å². The summed E-state index contributed by atoms with van der Waals surface area (Å²) in [4.78, 5) is 6.77. The van der Waals surface area contributed by atoms with Crippen molar-refractivity contribution >= 4 is 39.8 Å². The fourth-order valence-corrected chi connectivity index (χ4v) is 3.11. The maximum absolute atomic E-state index is 6.27. The number of anilines is 1. The molecule has 0 spiro atoms. The third-order valence-corrected chi connectivity index (χ3v) is 4.56. The summed E-state index contributed by atoms with van der Waals surface area (Å²) in [5.41, 5.74) is 3.31. The predicted octanol–water partition coefficient (Wildman–Crippen LogP) is 5.61. The van der Waals surface area contributed by atoms with Gasteiger partial charge in [-0.3, -0.25) is 4.98 Å². The summed E-state index contributed by atoms with van der Waals surface area (Å²) in [7, 11) is 0. The molecule has 1 aromatic heterocycles. The van der Waals surface area contributed by atoms with Crippen molar-refractivity contribution in [2.45, 2.75) is 13.3 Å². The van der Waals surface area contributed by atoms with Gasteiger partial charge in [-0.25, -0.2) is 0 Å². The van der Waals surface area contributed by atoms with Crippen molar-refractivity contribution in [1.82, 2.24) is 4.98 Å². The summed E-state index contributed by atoms with van der Waals surface area (Å²) >= 11 is 12.2. The normalized spacial score (nSPS) is 10.9. The second-order valence-electron chi connectivity index (χ2n) is 5.42. The minimum Gasteiger partial charge on any atom is -0.371 e. The molecule has 0 unspecified atom stereocenters. The first-order chi connectivity index (χ1) is 11.2. The monoisotopic (exact) mass is 344 g/mol. The third kappa shape index (κ3) is 3.60. The van der Waals surface area contributed by atoms with Gasteiger partial charge in [0, 0.05) is 35.4 Å². The number of nitrogens with zero attached hydrogens (tertiary/aromatic N) is 2. The van der Waals surface area contributed by atoms with Crippen LogP contribution >= 0.6 is 23.2 Å². The number of aromatic nitrogens is 1. The average Bonchev–Trinajstić information content (AvgIpc) is 2.58. The Bertz CT molecular complexity index is 800. The van der Waals surface area contributed by atoms with Crippen LogP contribution in [0.5, 0.6) is 0 Å². The van der Waals surface area contributed by atoms with Gasteiger partial charge in [0.1, 0.15) is 0 Å². The standard InChI is InChI=1S/C19H18Cl2N2/c1-2-23(13-11-14-6-8-15(20)9-7-14)18-10-12-22-19-16(18)4-3-5-17(19)21/h3-10,12H,2,11,13H2,1H3. The lowest BCUT2D eigenvalue weighted by Crippen LogP contribution is -2.25. The van der Waals surface area contributed by atoms with Gasteiger partial charge < -0.3 is 4.90 Å². The van der Waals surface area contributed by atoms with E-state index in [0.717, 1.165) is 35.4 Å². The Hall–Kier alpha value is -1.77. The van der Waals surface area contributed by atoms with Crippen molar-refractivity contribution in [3.63, 3.8) is 0 Å². The Labute approximate surface area is 146 Å². The number of likely N-dealkylation sites (N-methyl/N-ethyl adjacent to an activating group) is 1. The summed E-state index contributed by atoms with van der Waals surface area (Å²) in [6.45, 7) is 4.03. The molecule has 3 rings (SSSR count). The maximum Gasteiger partial charge on any atom is 0.0908 e. The number of para-hydroxylation sites is 1. The molecule has 23 heavy (non-hydrogen) atoms. The van der Waals surface area contributed by atoms with Crippen molar-refractivity contribution in [3.05, 3.63) is 70.3 Å². The quantitative estimate of drug-likeness (QED) is 0.597. The summed E-state index contributed by atoms with van der Waals surface area (Å²) < 4.78 is 0. The molecule has 0 aliphatic carbocycles. The Kier molecular flexibility index (Phi) is 5.04.